The van der Waals surface area contributed by atoms with Gasteiger partial charge in [0.1, 0.15) is 0 Å². The van der Waals surface area contributed by atoms with E-state index in [2.05, 4.69) is 44.1 Å². The predicted octanol–water partition coefficient (Wildman–Crippen LogP) is 3.50. The molecule has 19 heavy (non-hydrogen) atoms. The van der Waals surface area contributed by atoms with Crippen LogP contribution in [0.5, 0.6) is 0 Å². The van der Waals surface area contributed by atoms with E-state index in [4.69, 9.17) is 5.73 Å². The van der Waals surface area contributed by atoms with Crippen LogP contribution in [0.2, 0.25) is 0 Å². The van der Waals surface area contributed by atoms with Crippen LogP contribution in [0.3, 0.4) is 0 Å². The van der Waals surface area contributed by atoms with Crippen LogP contribution in [0.25, 0.3) is 0 Å². The maximum Gasteiger partial charge on any atom is 0.0900 e. The molecule has 1 aromatic heterocycles. The third kappa shape index (κ3) is 3.14. The molecule has 0 fully saturated rings. The Morgan fingerprint density at radius 2 is 2.05 bits per heavy atom. The average Bonchev–Trinajstić information content (AvgIpc) is 2.70. The molecule has 0 saturated heterocycles. The Morgan fingerprint density at radius 3 is 2.68 bits per heavy atom. The van der Waals surface area contributed by atoms with Gasteiger partial charge in [0.15, 0.2) is 0 Å². The van der Waals surface area contributed by atoms with E-state index in [9.17, 15) is 0 Å². The van der Waals surface area contributed by atoms with Gasteiger partial charge in [-0.25, -0.2) is 4.98 Å². The van der Waals surface area contributed by atoms with Crippen molar-refractivity contribution < 1.29 is 0 Å². The van der Waals surface area contributed by atoms with E-state index < -0.39 is 0 Å². The molecule has 1 heterocycles. The monoisotopic (exact) mass is 275 g/mol. The zero-order chi connectivity index (χ0) is 14.0. The Bertz CT molecular complexity index is 575. The number of benzene rings is 1. The van der Waals surface area contributed by atoms with Crippen LogP contribution in [0.4, 0.5) is 5.69 Å². The molecule has 3 nitrogen and oxygen atoms in total. The van der Waals surface area contributed by atoms with Crippen LogP contribution in [-0.2, 0) is 6.54 Å². The van der Waals surface area contributed by atoms with Gasteiger partial charge in [-0.3, -0.25) is 0 Å². The molecule has 0 radical (unpaired) electrons. The van der Waals surface area contributed by atoms with Crippen LogP contribution < -0.4 is 11.1 Å². The number of aromatic nitrogens is 1. The zero-order valence-electron chi connectivity index (χ0n) is 11.9. The fraction of sp³-hybridized carbons (Fsp3) is 0.400. The van der Waals surface area contributed by atoms with Gasteiger partial charge in [-0.2, -0.15) is 0 Å². The lowest BCUT2D eigenvalue weighted by Crippen LogP contribution is -2.18. The highest BCUT2D eigenvalue weighted by molar-refractivity contribution is 7.11. The van der Waals surface area contributed by atoms with Crippen molar-refractivity contribution in [1.82, 2.24) is 10.3 Å². The summed E-state index contributed by atoms with van der Waals surface area (Å²) in [6, 6.07) is 6.38. The van der Waals surface area contributed by atoms with E-state index >= 15 is 0 Å². The largest absolute Gasteiger partial charge is 0.399 e. The second-order valence-electron chi connectivity index (χ2n) is 4.92. The fourth-order valence-corrected chi connectivity index (χ4v) is 3.15. The van der Waals surface area contributed by atoms with Crippen molar-refractivity contribution in [2.45, 2.75) is 40.3 Å². The molecular weight excluding hydrogens is 254 g/mol. The molecule has 0 amide bonds. The molecule has 0 aliphatic rings. The predicted molar refractivity (Wildman–Crippen MR) is 82.4 cm³/mol. The van der Waals surface area contributed by atoms with Gasteiger partial charge in [-0.1, -0.05) is 12.1 Å². The summed E-state index contributed by atoms with van der Waals surface area (Å²) in [4.78, 5) is 5.80. The lowest BCUT2D eigenvalue weighted by Gasteiger charge is -2.15. The third-order valence-corrected chi connectivity index (χ3v) is 4.67. The second kappa shape index (κ2) is 5.72. The molecule has 1 aromatic carbocycles. The van der Waals surface area contributed by atoms with E-state index in [-0.39, 0.29) is 0 Å². The van der Waals surface area contributed by atoms with Gasteiger partial charge in [0.05, 0.1) is 10.7 Å². The summed E-state index contributed by atoms with van der Waals surface area (Å²) >= 11 is 1.77. The van der Waals surface area contributed by atoms with E-state index in [0.717, 1.165) is 22.9 Å². The zero-order valence-corrected chi connectivity index (χ0v) is 12.8. The normalized spacial score (nSPS) is 12.6. The maximum atomic E-state index is 5.93. The molecule has 0 bridgehead atoms. The number of nitrogens with one attached hydrogen (secondary N) is 1. The van der Waals surface area contributed by atoms with Crippen LogP contribution in [0.15, 0.2) is 18.2 Å². The summed E-state index contributed by atoms with van der Waals surface area (Å²) < 4.78 is 0. The number of hydrogen-bond donors (Lipinski definition) is 2. The lowest BCUT2D eigenvalue weighted by atomic mass is 10.1. The maximum absolute atomic E-state index is 5.93. The van der Waals surface area contributed by atoms with Gasteiger partial charge in [-0.15, -0.1) is 11.3 Å². The Hall–Kier alpha value is -1.39. The summed E-state index contributed by atoms with van der Waals surface area (Å²) in [6.45, 7) is 9.20. The number of rotatable bonds is 4. The standard InChI is InChI=1S/C15H21N3S/c1-9-13(6-5-7-14(9)16)8-17-10(2)15-11(3)18-12(4)19-15/h5-7,10,17H,8,16H2,1-4H3. The first kappa shape index (κ1) is 14.0. The molecule has 102 valence electrons. The molecular formula is C15H21N3S. The molecule has 1 atom stereocenters. The van der Waals surface area contributed by atoms with Gasteiger partial charge in [0, 0.05) is 23.2 Å². The van der Waals surface area contributed by atoms with Crippen molar-refractivity contribution in [3.8, 4) is 0 Å². The third-order valence-electron chi connectivity index (χ3n) is 3.42. The van der Waals surface area contributed by atoms with Crippen LogP contribution in [0.1, 0.15) is 39.7 Å². The number of hydrogen-bond acceptors (Lipinski definition) is 4. The number of thiazole rings is 1. The minimum absolute atomic E-state index is 0.312. The van der Waals surface area contributed by atoms with Gasteiger partial charge in [-0.05, 0) is 44.9 Å². The molecule has 0 saturated carbocycles. The first-order valence-corrected chi connectivity index (χ1v) is 7.32. The molecule has 4 heteroatoms. The average molecular weight is 275 g/mol. The van der Waals surface area contributed by atoms with E-state index in [1.807, 2.05) is 12.1 Å². The summed E-state index contributed by atoms with van der Waals surface area (Å²) in [7, 11) is 0. The summed E-state index contributed by atoms with van der Waals surface area (Å²) in [6.07, 6.45) is 0. The topological polar surface area (TPSA) is 50.9 Å². The number of nitrogens with two attached hydrogens (primary N) is 1. The number of aryl methyl sites for hydroxylation is 2. The Kier molecular flexibility index (Phi) is 4.22. The van der Waals surface area contributed by atoms with E-state index in [1.54, 1.807) is 11.3 Å². The molecule has 0 aliphatic heterocycles. The van der Waals surface area contributed by atoms with E-state index in [1.165, 1.54) is 16.0 Å². The highest BCUT2D eigenvalue weighted by Crippen LogP contribution is 2.25. The SMILES string of the molecule is Cc1nc(C)c(C(C)NCc2cccc(N)c2C)s1. The quantitative estimate of drug-likeness (QED) is 0.840. The number of nitrogens with zero attached hydrogens (tertiary/aromatic N) is 1. The van der Waals surface area contributed by atoms with E-state index in [0.29, 0.717) is 6.04 Å². The van der Waals surface area contributed by atoms with Crippen molar-refractivity contribution in [3.63, 3.8) is 0 Å². The van der Waals surface area contributed by atoms with Crippen LogP contribution in [-0.4, -0.2) is 4.98 Å². The molecule has 0 spiro atoms. The summed E-state index contributed by atoms with van der Waals surface area (Å²) in [5.74, 6) is 0. The van der Waals surface area contributed by atoms with Crippen molar-refractivity contribution in [3.05, 3.63) is 44.9 Å². The molecule has 3 N–H and O–H groups in total. The molecule has 2 rings (SSSR count). The Balaban J connectivity index is 2.06. The minimum atomic E-state index is 0.312. The highest BCUT2D eigenvalue weighted by Gasteiger charge is 2.12. The van der Waals surface area contributed by atoms with Crippen LogP contribution in [0, 0.1) is 20.8 Å². The van der Waals surface area contributed by atoms with Crippen LogP contribution >= 0.6 is 11.3 Å². The first-order valence-electron chi connectivity index (χ1n) is 6.50. The number of nitrogen functional groups attached to an aromatic ring is 1. The summed E-state index contributed by atoms with van der Waals surface area (Å²) in [5, 5.41) is 4.68. The second-order valence-corrected chi connectivity index (χ2v) is 6.15. The molecule has 2 aromatic rings. The fourth-order valence-electron chi connectivity index (χ4n) is 2.20. The van der Waals surface area contributed by atoms with Crippen molar-refractivity contribution in [2.75, 3.05) is 5.73 Å². The van der Waals surface area contributed by atoms with Gasteiger partial charge >= 0.3 is 0 Å². The Morgan fingerprint density at radius 1 is 1.32 bits per heavy atom. The van der Waals surface area contributed by atoms with Crippen molar-refractivity contribution in [2.24, 2.45) is 0 Å². The smallest absolute Gasteiger partial charge is 0.0900 e. The number of anilines is 1. The van der Waals surface area contributed by atoms with Gasteiger partial charge in [0.25, 0.3) is 0 Å². The van der Waals surface area contributed by atoms with Gasteiger partial charge in [0.2, 0.25) is 0 Å². The molecule has 0 aliphatic carbocycles. The first-order chi connectivity index (χ1) is 8.99. The Labute approximate surface area is 118 Å². The minimum Gasteiger partial charge on any atom is -0.399 e. The molecule has 1 unspecified atom stereocenters. The highest BCUT2D eigenvalue weighted by atomic mass is 32.1. The van der Waals surface area contributed by atoms with Crippen molar-refractivity contribution >= 4 is 17.0 Å². The lowest BCUT2D eigenvalue weighted by molar-refractivity contribution is 0.578. The summed E-state index contributed by atoms with van der Waals surface area (Å²) in [5.41, 5.74) is 10.3. The van der Waals surface area contributed by atoms with Crippen molar-refractivity contribution in [1.29, 1.82) is 0 Å². The van der Waals surface area contributed by atoms with Gasteiger partial charge < -0.3 is 11.1 Å².